The SMILES string of the molecule is COc1ccc(N(C)C(=O)[C@H](Cc2ccccc2)Nc2nc(N)nc(Cl)n2)cc1.S. The van der Waals surface area contributed by atoms with Gasteiger partial charge >= 0.3 is 0 Å². The number of nitrogen functional groups attached to an aromatic ring is 1. The topological polar surface area (TPSA) is 106 Å². The Kier molecular flexibility index (Phi) is 8.25. The third-order valence-electron chi connectivity index (χ3n) is 4.30. The van der Waals surface area contributed by atoms with Gasteiger partial charge in [-0.2, -0.15) is 28.4 Å². The van der Waals surface area contributed by atoms with E-state index in [0.29, 0.717) is 12.2 Å². The van der Waals surface area contributed by atoms with Gasteiger partial charge in [0.1, 0.15) is 11.8 Å². The summed E-state index contributed by atoms with van der Waals surface area (Å²) in [6.45, 7) is 0. The summed E-state index contributed by atoms with van der Waals surface area (Å²) < 4.78 is 5.17. The van der Waals surface area contributed by atoms with Crippen molar-refractivity contribution >= 4 is 48.6 Å². The Bertz CT molecular complexity index is 955. The summed E-state index contributed by atoms with van der Waals surface area (Å²) in [5.74, 6) is 0.653. The minimum absolute atomic E-state index is 0. The number of benzene rings is 2. The molecule has 0 aliphatic rings. The zero-order valence-corrected chi connectivity index (χ0v) is 18.3. The number of amides is 1. The maximum atomic E-state index is 13.3. The van der Waals surface area contributed by atoms with Crippen molar-refractivity contribution in [1.29, 1.82) is 0 Å². The van der Waals surface area contributed by atoms with Crippen LogP contribution in [0.5, 0.6) is 5.75 Å². The molecule has 2 aromatic carbocycles. The van der Waals surface area contributed by atoms with E-state index in [-0.39, 0.29) is 36.6 Å². The fraction of sp³-hybridized carbons (Fsp3) is 0.200. The molecule has 3 aromatic rings. The zero-order valence-electron chi connectivity index (χ0n) is 16.5. The molecule has 0 unspecified atom stereocenters. The van der Waals surface area contributed by atoms with E-state index in [1.807, 2.05) is 42.5 Å². The third kappa shape index (κ3) is 5.98. The highest BCUT2D eigenvalue weighted by Gasteiger charge is 2.25. The van der Waals surface area contributed by atoms with E-state index in [1.54, 1.807) is 31.2 Å². The summed E-state index contributed by atoms with van der Waals surface area (Å²) in [7, 11) is 3.30. The summed E-state index contributed by atoms with van der Waals surface area (Å²) >= 11 is 5.87. The van der Waals surface area contributed by atoms with Crippen LogP contribution in [0.4, 0.5) is 17.6 Å². The monoisotopic (exact) mass is 446 g/mol. The van der Waals surface area contributed by atoms with Crippen LogP contribution in [0.15, 0.2) is 54.6 Å². The second-order valence-electron chi connectivity index (χ2n) is 6.27. The summed E-state index contributed by atoms with van der Waals surface area (Å²) in [5, 5.41) is 2.99. The lowest BCUT2D eigenvalue weighted by Crippen LogP contribution is -2.42. The van der Waals surface area contributed by atoms with Gasteiger partial charge in [-0.1, -0.05) is 30.3 Å². The number of hydrogen-bond acceptors (Lipinski definition) is 7. The van der Waals surface area contributed by atoms with E-state index in [1.165, 1.54) is 0 Å². The number of anilines is 3. The van der Waals surface area contributed by atoms with Gasteiger partial charge in [-0.25, -0.2) is 0 Å². The van der Waals surface area contributed by atoms with Gasteiger partial charge in [0, 0.05) is 19.2 Å². The number of aromatic nitrogens is 3. The maximum absolute atomic E-state index is 13.3. The number of hydrogen-bond donors (Lipinski definition) is 2. The Morgan fingerprint density at radius 1 is 1.13 bits per heavy atom. The minimum Gasteiger partial charge on any atom is -0.497 e. The fourth-order valence-electron chi connectivity index (χ4n) is 2.80. The molecule has 0 radical (unpaired) electrons. The highest BCUT2D eigenvalue weighted by molar-refractivity contribution is 7.59. The predicted molar refractivity (Wildman–Crippen MR) is 124 cm³/mol. The summed E-state index contributed by atoms with van der Waals surface area (Å²) in [6.07, 6.45) is 0.420. The Morgan fingerprint density at radius 2 is 1.80 bits per heavy atom. The summed E-state index contributed by atoms with van der Waals surface area (Å²) in [4.78, 5) is 26.6. The van der Waals surface area contributed by atoms with E-state index in [0.717, 1.165) is 11.3 Å². The predicted octanol–water partition coefficient (Wildman–Crippen LogP) is 2.91. The number of ether oxygens (including phenoxy) is 1. The van der Waals surface area contributed by atoms with Gasteiger partial charge in [-0.05, 0) is 41.4 Å². The van der Waals surface area contributed by atoms with Crippen molar-refractivity contribution in [2.75, 3.05) is 30.1 Å². The van der Waals surface area contributed by atoms with Crippen molar-refractivity contribution in [2.24, 2.45) is 0 Å². The molecule has 3 rings (SSSR count). The number of halogens is 1. The number of carbonyl (C=O) groups excluding carboxylic acids is 1. The molecule has 8 nitrogen and oxygen atoms in total. The van der Waals surface area contributed by atoms with Crippen molar-refractivity contribution in [3.63, 3.8) is 0 Å². The van der Waals surface area contributed by atoms with Crippen LogP contribution in [0.3, 0.4) is 0 Å². The first-order chi connectivity index (χ1) is 14.0. The highest BCUT2D eigenvalue weighted by atomic mass is 35.5. The molecule has 0 fully saturated rings. The third-order valence-corrected chi connectivity index (χ3v) is 4.47. The minimum atomic E-state index is -0.651. The van der Waals surface area contributed by atoms with Gasteiger partial charge in [-0.3, -0.25) is 4.79 Å². The van der Waals surface area contributed by atoms with Crippen molar-refractivity contribution < 1.29 is 9.53 Å². The normalized spacial score (nSPS) is 11.2. The molecule has 1 atom stereocenters. The van der Waals surface area contributed by atoms with E-state index >= 15 is 0 Å². The summed E-state index contributed by atoms with van der Waals surface area (Å²) in [6, 6.07) is 16.2. The van der Waals surface area contributed by atoms with E-state index in [9.17, 15) is 4.79 Å². The van der Waals surface area contributed by atoms with Crippen LogP contribution in [0.25, 0.3) is 0 Å². The average Bonchev–Trinajstić information content (AvgIpc) is 2.72. The van der Waals surface area contributed by atoms with Crippen molar-refractivity contribution in [2.45, 2.75) is 12.5 Å². The van der Waals surface area contributed by atoms with E-state index in [4.69, 9.17) is 22.1 Å². The lowest BCUT2D eigenvalue weighted by molar-refractivity contribution is -0.119. The average molecular weight is 447 g/mol. The lowest BCUT2D eigenvalue weighted by Gasteiger charge is -2.25. The molecule has 0 bridgehead atoms. The van der Waals surface area contributed by atoms with Gasteiger partial charge in [0.2, 0.25) is 23.1 Å². The lowest BCUT2D eigenvalue weighted by atomic mass is 10.0. The number of methoxy groups -OCH3 is 1. The molecular formula is C20H23ClN6O2S. The number of nitrogens with two attached hydrogens (primary N) is 1. The molecular weight excluding hydrogens is 424 g/mol. The molecule has 0 saturated carbocycles. The van der Waals surface area contributed by atoms with E-state index < -0.39 is 6.04 Å². The largest absolute Gasteiger partial charge is 0.497 e. The number of rotatable bonds is 7. The molecule has 0 aliphatic heterocycles. The van der Waals surface area contributed by atoms with Crippen LogP contribution in [0.2, 0.25) is 5.28 Å². The number of nitrogens with zero attached hydrogens (tertiary/aromatic N) is 4. The van der Waals surface area contributed by atoms with Crippen molar-refractivity contribution in [3.8, 4) is 5.75 Å². The maximum Gasteiger partial charge on any atom is 0.249 e. The number of nitrogens with one attached hydrogen (secondary N) is 1. The molecule has 0 saturated heterocycles. The molecule has 1 amide bonds. The van der Waals surface area contributed by atoms with Gasteiger partial charge in [0.05, 0.1) is 7.11 Å². The zero-order chi connectivity index (χ0) is 20.8. The molecule has 0 spiro atoms. The molecule has 10 heteroatoms. The highest BCUT2D eigenvalue weighted by Crippen LogP contribution is 2.20. The Balaban J connectivity index is 0.00000320. The van der Waals surface area contributed by atoms with Crippen LogP contribution < -0.4 is 20.7 Å². The van der Waals surface area contributed by atoms with Crippen LogP contribution in [-0.4, -0.2) is 41.1 Å². The Morgan fingerprint density at radius 3 is 2.40 bits per heavy atom. The van der Waals surface area contributed by atoms with E-state index in [2.05, 4.69) is 20.3 Å². The van der Waals surface area contributed by atoms with Gasteiger partial charge in [0.15, 0.2) is 0 Å². The summed E-state index contributed by atoms with van der Waals surface area (Å²) in [5.41, 5.74) is 7.36. The van der Waals surface area contributed by atoms with Crippen LogP contribution >= 0.6 is 25.1 Å². The molecule has 30 heavy (non-hydrogen) atoms. The fourth-order valence-corrected chi connectivity index (χ4v) is 2.97. The number of carbonyl (C=O) groups is 1. The van der Waals surface area contributed by atoms with Gasteiger partial charge in [-0.15, -0.1) is 0 Å². The first-order valence-corrected chi connectivity index (χ1v) is 9.23. The molecule has 1 aromatic heterocycles. The quantitative estimate of drug-likeness (QED) is 0.574. The van der Waals surface area contributed by atoms with Gasteiger partial charge in [0.25, 0.3) is 0 Å². The van der Waals surface area contributed by atoms with Crippen LogP contribution in [0.1, 0.15) is 5.56 Å². The second kappa shape index (κ2) is 10.7. The first kappa shape index (κ1) is 23.2. The Hall–Kier alpha value is -3.04. The molecule has 158 valence electrons. The van der Waals surface area contributed by atoms with Crippen LogP contribution in [0, 0.1) is 0 Å². The first-order valence-electron chi connectivity index (χ1n) is 8.85. The molecule has 3 N–H and O–H groups in total. The van der Waals surface area contributed by atoms with Crippen LogP contribution in [-0.2, 0) is 11.2 Å². The smallest absolute Gasteiger partial charge is 0.249 e. The Labute approximate surface area is 186 Å². The van der Waals surface area contributed by atoms with Crippen molar-refractivity contribution in [3.05, 3.63) is 65.4 Å². The van der Waals surface area contributed by atoms with Gasteiger partial charge < -0.3 is 20.7 Å². The standard InChI is InChI=1S/C20H21ClN6O2.H2S/c1-27(14-8-10-15(29-2)11-9-14)17(28)16(12-13-6-4-3-5-7-13)23-20-25-18(21)24-19(22)26-20;/h3-11,16H,12H2,1-2H3,(H3,22,23,24,25,26);1H2/t16-;/m0./s1. The second-order valence-corrected chi connectivity index (χ2v) is 6.61. The number of likely N-dealkylation sites (N-methyl/N-ethyl adjacent to an activating group) is 1. The van der Waals surface area contributed by atoms with Crippen molar-refractivity contribution in [1.82, 2.24) is 15.0 Å². The molecule has 1 heterocycles. The molecule has 0 aliphatic carbocycles.